The van der Waals surface area contributed by atoms with E-state index in [1.807, 2.05) is 0 Å². The molecule has 1 rings (SSSR count). The summed E-state index contributed by atoms with van der Waals surface area (Å²) in [6.45, 7) is 12.0. The monoisotopic (exact) mass is 291 g/mol. The predicted molar refractivity (Wildman–Crippen MR) is 81.2 cm³/mol. The summed E-state index contributed by atoms with van der Waals surface area (Å²) in [5.74, 6) is -0.846. The van der Waals surface area contributed by atoms with Crippen LogP contribution in [0.25, 0.3) is 0 Å². The molecule has 114 valence electrons. The van der Waals surface area contributed by atoms with Crippen LogP contribution in [-0.2, 0) is 9.53 Å². The molecule has 0 radical (unpaired) electrons. The second-order valence-corrected chi connectivity index (χ2v) is 5.82. The molecule has 1 aromatic rings. The van der Waals surface area contributed by atoms with Gasteiger partial charge in [0.25, 0.3) is 0 Å². The second kappa shape index (κ2) is 5.99. The van der Waals surface area contributed by atoms with Crippen molar-refractivity contribution >= 4 is 17.6 Å². The molecule has 0 atom stereocenters. The second-order valence-electron chi connectivity index (χ2n) is 5.82. The lowest BCUT2D eigenvalue weighted by molar-refractivity contribution is -0.130. The molecule has 5 nitrogen and oxygen atoms in total. The first-order valence-corrected chi connectivity index (χ1v) is 6.53. The Morgan fingerprint density at radius 2 is 1.81 bits per heavy atom. The van der Waals surface area contributed by atoms with E-state index in [1.54, 1.807) is 40.7 Å². The highest BCUT2D eigenvalue weighted by atomic mass is 16.6. The van der Waals surface area contributed by atoms with Crippen molar-refractivity contribution in [2.24, 2.45) is 0 Å². The Morgan fingerprint density at radius 3 is 2.29 bits per heavy atom. The van der Waals surface area contributed by atoms with Gasteiger partial charge in [0.2, 0.25) is 0 Å². The summed E-state index contributed by atoms with van der Waals surface area (Å²) >= 11 is 0. The van der Waals surface area contributed by atoms with E-state index in [-0.39, 0.29) is 22.6 Å². The summed E-state index contributed by atoms with van der Waals surface area (Å²) in [6.07, 6.45) is 0. The van der Waals surface area contributed by atoms with E-state index in [4.69, 9.17) is 15.2 Å². The number of benzene rings is 1. The largest absolute Gasteiger partial charge is 0.456 e. The van der Waals surface area contributed by atoms with Crippen LogP contribution in [0, 0.1) is 6.92 Å². The molecule has 0 heterocycles. The SMILES string of the molecule is C=C(C)C(=O)Oc1ccc(N)c(C(=O)OC(C)(C)C)c1C. The summed E-state index contributed by atoms with van der Waals surface area (Å²) in [5.41, 5.74) is 6.41. The van der Waals surface area contributed by atoms with Crippen LogP contribution < -0.4 is 10.5 Å². The summed E-state index contributed by atoms with van der Waals surface area (Å²) in [7, 11) is 0. The third-order valence-corrected chi connectivity index (χ3v) is 2.60. The van der Waals surface area contributed by atoms with Gasteiger partial charge in [0.05, 0.1) is 5.56 Å². The number of hydrogen-bond donors (Lipinski definition) is 1. The van der Waals surface area contributed by atoms with Crippen LogP contribution in [0.15, 0.2) is 24.3 Å². The average molecular weight is 291 g/mol. The highest BCUT2D eigenvalue weighted by Crippen LogP contribution is 2.28. The van der Waals surface area contributed by atoms with Crippen molar-refractivity contribution in [2.45, 2.75) is 40.2 Å². The first-order valence-electron chi connectivity index (χ1n) is 6.53. The van der Waals surface area contributed by atoms with Crippen LogP contribution in [0.4, 0.5) is 5.69 Å². The zero-order valence-electron chi connectivity index (χ0n) is 13.1. The van der Waals surface area contributed by atoms with Gasteiger partial charge in [-0.25, -0.2) is 9.59 Å². The molecule has 0 fully saturated rings. The number of anilines is 1. The van der Waals surface area contributed by atoms with Crippen molar-refractivity contribution in [1.29, 1.82) is 0 Å². The molecule has 21 heavy (non-hydrogen) atoms. The van der Waals surface area contributed by atoms with Crippen LogP contribution in [0.3, 0.4) is 0 Å². The first kappa shape index (κ1) is 16.8. The fraction of sp³-hybridized carbons (Fsp3) is 0.375. The van der Waals surface area contributed by atoms with Gasteiger partial charge in [-0.15, -0.1) is 0 Å². The Morgan fingerprint density at radius 1 is 1.24 bits per heavy atom. The van der Waals surface area contributed by atoms with Crippen LogP contribution >= 0.6 is 0 Å². The maximum atomic E-state index is 12.2. The third-order valence-electron chi connectivity index (χ3n) is 2.60. The van der Waals surface area contributed by atoms with E-state index in [1.165, 1.54) is 6.07 Å². The van der Waals surface area contributed by atoms with Gasteiger partial charge in [0.1, 0.15) is 11.4 Å². The molecule has 0 unspecified atom stereocenters. The normalized spacial score (nSPS) is 10.9. The fourth-order valence-corrected chi connectivity index (χ4v) is 1.61. The predicted octanol–water partition coefficient (Wildman–Crippen LogP) is 3.01. The number of nitrogen functional groups attached to an aromatic ring is 1. The summed E-state index contributed by atoms with van der Waals surface area (Å²) in [6, 6.07) is 3.05. The van der Waals surface area contributed by atoms with E-state index < -0.39 is 17.5 Å². The van der Waals surface area contributed by atoms with E-state index in [9.17, 15) is 9.59 Å². The number of hydrogen-bond acceptors (Lipinski definition) is 5. The van der Waals surface area contributed by atoms with Gasteiger partial charge in [-0.1, -0.05) is 6.58 Å². The molecule has 1 aromatic carbocycles. The quantitative estimate of drug-likeness (QED) is 0.401. The molecule has 0 aliphatic heterocycles. The molecular formula is C16H21NO4. The number of carbonyl (C=O) groups excluding carboxylic acids is 2. The van der Waals surface area contributed by atoms with Crippen molar-refractivity contribution in [3.63, 3.8) is 0 Å². The standard InChI is InChI=1S/C16H21NO4/c1-9(2)14(18)20-12-8-7-11(17)13(10(12)3)15(19)21-16(4,5)6/h7-8H,1,17H2,2-6H3. The molecule has 0 spiro atoms. The third kappa shape index (κ3) is 4.34. The van der Waals surface area contributed by atoms with Gasteiger partial charge in [0.15, 0.2) is 0 Å². The van der Waals surface area contributed by atoms with Crippen molar-refractivity contribution in [1.82, 2.24) is 0 Å². The topological polar surface area (TPSA) is 78.6 Å². The summed E-state index contributed by atoms with van der Waals surface area (Å²) < 4.78 is 10.5. The Labute approximate surface area is 124 Å². The van der Waals surface area contributed by atoms with E-state index in [0.29, 0.717) is 5.56 Å². The van der Waals surface area contributed by atoms with Gasteiger partial charge in [0, 0.05) is 16.8 Å². The number of ether oxygens (including phenoxy) is 2. The molecule has 0 amide bonds. The molecule has 0 bridgehead atoms. The van der Waals surface area contributed by atoms with Gasteiger partial charge in [-0.05, 0) is 46.8 Å². The van der Waals surface area contributed by atoms with Crippen molar-refractivity contribution in [3.05, 3.63) is 35.4 Å². The average Bonchev–Trinajstić information content (AvgIpc) is 2.30. The van der Waals surface area contributed by atoms with Crippen molar-refractivity contribution in [3.8, 4) is 5.75 Å². The molecule has 0 saturated carbocycles. The Kier molecular flexibility index (Phi) is 4.78. The molecule has 2 N–H and O–H groups in total. The van der Waals surface area contributed by atoms with Crippen LogP contribution in [0.2, 0.25) is 0 Å². The lowest BCUT2D eigenvalue weighted by atomic mass is 10.0. The fourth-order valence-electron chi connectivity index (χ4n) is 1.61. The van der Waals surface area contributed by atoms with E-state index in [0.717, 1.165) is 0 Å². The molecule has 5 heteroatoms. The highest BCUT2D eigenvalue weighted by molar-refractivity contribution is 5.98. The minimum Gasteiger partial charge on any atom is -0.456 e. The number of rotatable bonds is 3. The van der Waals surface area contributed by atoms with Crippen LogP contribution in [0.1, 0.15) is 43.6 Å². The number of esters is 2. The first-order chi connectivity index (χ1) is 9.53. The lowest BCUT2D eigenvalue weighted by Crippen LogP contribution is -2.25. The number of nitrogens with two attached hydrogens (primary N) is 1. The van der Waals surface area contributed by atoms with Gasteiger partial charge >= 0.3 is 11.9 Å². The minimum absolute atomic E-state index is 0.206. The van der Waals surface area contributed by atoms with Crippen LogP contribution in [0.5, 0.6) is 5.75 Å². The maximum Gasteiger partial charge on any atom is 0.341 e. The summed E-state index contributed by atoms with van der Waals surface area (Å²) in [5, 5.41) is 0. The molecule has 0 aliphatic rings. The Hall–Kier alpha value is -2.30. The molecule has 0 saturated heterocycles. The van der Waals surface area contributed by atoms with Crippen LogP contribution in [-0.4, -0.2) is 17.5 Å². The smallest absolute Gasteiger partial charge is 0.341 e. The zero-order valence-corrected chi connectivity index (χ0v) is 13.1. The highest BCUT2D eigenvalue weighted by Gasteiger charge is 2.23. The van der Waals surface area contributed by atoms with E-state index in [2.05, 4.69) is 6.58 Å². The molecule has 0 aliphatic carbocycles. The summed E-state index contributed by atoms with van der Waals surface area (Å²) in [4.78, 5) is 23.8. The minimum atomic E-state index is -0.639. The number of carbonyl (C=O) groups is 2. The molecule has 0 aromatic heterocycles. The Bertz CT molecular complexity index is 597. The van der Waals surface area contributed by atoms with Gasteiger partial charge < -0.3 is 15.2 Å². The van der Waals surface area contributed by atoms with Gasteiger partial charge in [-0.3, -0.25) is 0 Å². The van der Waals surface area contributed by atoms with E-state index >= 15 is 0 Å². The zero-order chi connectivity index (χ0) is 16.4. The lowest BCUT2D eigenvalue weighted by Gasteiger charge is -2.21. The van der Waals surface area contributed by atoms with Crippen molar-refractivity contribution < 1.29 is 19.1 Å². The van der Waals surface area contributed by atoms with Gasteiger partial charge in [-0.2, -0.15) is 0 Å². The Balaban J connectivity index is 3.19. The molecular weight excluding hydrogens is 270 g/mol. The van der Waals surface area contributed by atoms with Crippen molar-refractivity contribution in [2.75, 3.05) is 5.73 Å². The maximum absolute atomic E-state index is 12.2.